The molecule has 0 aliphatic rings. The highest BCUT2D eigenvalue weighted by Crippen LogP contribution is 2.01. The molecule has 1 N–H and O–H groups in total. The first-order valence-corrected chi connectivity index (χ1v) is 3.96. The van der Waals surface area contributed by atoms with E-state index in [0.717, 1.165) is 5.84 Å². The van der Waals surface area contributed by atoms with Crippen LogP contribution >= 0.6 is 0 Å². The van der Waals surface area contributed by atoms with Gasteiger partial charge in [-0.1, -0.05) is 13.8 Å². The molecule has 0 aliphatic carbocycles. The number of rotatable bonds is 1. The van der Waals surface area contributed by atoms with E-state index in [-0.39, 0.29) is 11.9 Å². The average molecular weight is 171 g/mol. The van der Waals surface area contributed by atoms with Crippen molar-refractivity contribution in [2.24, 2.45) is 10.9 Å². The molecule has 0 unspecified atom stereocenters. The van der Waals surface area contributed by atoms with Crippen molar-refractivity contribution in [3.63, 3.8) is 0 Å². The Kier molecular flexibility index (Phi) is 4.33. The standard InChI is InChI=1S/C8H17N3O/c1-6(2)7(9-3)11(5)8(12)10-4/h6H,1-5H3,(H,10,12). The monoisotopic (exact) mass is 171 g/mol. The van der Waals surface area contributed by atoms with Gasteiger partial charge in [-0.2, -0.15) is 0 Å². The van der Waals surface area contributed by atoms with Crippen LogP contribution in [0.25, 0.3) is 0 Å². The number of amides is 2. The maximum Gasteiger partial charge on any atom is 0.322 e. The first kappa shape index (κ1) is 10.9. The lowest BCUT2D eigenvalue weighted by Crippen LogP contribution is -2.41. The topological polar surface area (TPSA) is 44.7 Å². The number of hydrogen-bond acceptors (Lipinski definition) is 2. The lowest BCUT2D eigenvalue weighted by Gasteiger charge is -2.20. The summed E-state index contributed by atoms with van der Waals surface area (Å²) in [4.78, 5) is 16.7. The number of hydrogen-bond donors (Lipinski definition) is 1. The molecule has 0 fully saturated rings. The molecular formula is C8H17N3O. The van der Waals surface area contributed by atoms with Crippen LogP contribution in [0.1, 0.15) is 13.8 Å². The van der Waals surface area contributed by atoms with Crippen LogP contribution in [-0.2, 0) is 0 Å². The van der Waals surface area contributed by atoms with Gasteiger partial charge in [0.2, 0.25) is 0 Å². The van der Waals surface area contributed by atoms with Gasteiger partial charge in [0, 0.05) is 27.1 Å². The molecule has 0 atom stereocenters. The number of aliphatic imine (C=N–C) groups is 1. The van der Waals surface area contributed by atoms with Gasteiger partial charge in [-0.25, -0.2) is 4.79 Å². The maximum atomic E-state index is 11.2. The summed E-state index contributed by atoms with van der Waals surface area (Å²) < 4.78 is 0. The molecule has 0 spiro atoms. The van der Waals surface area contributed by atoms with Crippen LogP contribution in [0.5, 0.6) is 0 Å². The van der Waals surface area contributed by atoms with Crippen molar-refractivity contribution in [1.29, 1.82) is 0 Å². The minimum absolute atomic E-state index is 0.135. The quantitative estimate of drug-likeness (QED) is 0.463. The van der Waals surface area contributed by atoms with Crippen LogP contribution in [0.2, 0.25) is 0 Å². The number of nitrogens with one attached hydrogen (secondary N) is 1. The van der Waals surface area contributed by atoms with Crippen LogP contribution in [0.15, 0.2) is 4.99 Å². The van der Waals surface area contributed by atoms with E-state index in [1.807, 2.05) is 13.8 Å². The normalized spacial score (nSPS) is 11.7. The van der Waals surface area contributed by atoms with Crippen LogP contribution in [0.3, 0.4) is 0 Å². The number of carbonyl (C=O) groups excluding carboxylic acids is 1. The Balaban J connectivity index is 4.44. The summed E-state index contributed by atoms with van der Waals surface area (Å²) in [5.41, 5.74) is 0. The van der Waals surface area contributed by atoms with Crippen molar-refractivity contribution >= 4 is 11.9 Å². The third-order valence-corrected chi connectivity index (χ3v) is 1.61. The van der Waals surface area contributed by atoms with Crippen molar-refractivity contribution in [1.82, 2.24) is 10.2 Å². The lowest BCUT2D eigenvalue weighted by atomic mass is 10.2. The third-order valence-electron chi connectivity index (χ3n) is 1.61. The van der Waals surface area contributed by atoms with Gasteiger partial charge in [0.15, 0.2) is 0 Å². The number of amidine groups is 1. The first-order valence-electron chi connectivity index (χ1n) is 3.96. The molecule has 0 saturated heterocycles. The fourth-order valence-corrected chi connectivity index (χ4v) is 1.07. The largest absolute Gasteiger partial charge is 0.341 e. The highest BCUT2D eigenvalue weighted by molar-refractivity contribution is 5.97. The van der Waals surface area contributed by atoms with E-state index < -0.39 is 0 Å². The van der Waals surface area contributed by atoms with E-state index in [2.05, 4.69) is 10.3 Å². The van der Waals surface area contributed by atoms with Gasteiger partial charge in [0.1, 0.15) is 5.84 Å². The summed E-state index contributed by atoms with van der Waals surface area (Å²) >= 11 is 0. The maximum absolute atomic E-state index is 11.2. The third kappa shape index (κ3) is 2.53. The van der Waals surface area contributed by atoms with Gasteiger partial charge in [-0.3, -0.25) is 9.89 Å². The van der Waals surface area contributed by atoms with Crippen molar-refractivity contribution in [2.75, 3.05) is 21.1 Å². The van der Waals surface area contributed by atoms with E-state index >= 15 is 0 Å². The molecule has 12 heavy (non-hydrogen) atoms. The number of nitrogens with zero attached hydrogens (tertiary/aromatic N) is 2. The van der Waals surface area contributed by atoms with Crippen molar-refractivity contribution in [3.8, 4) is 0 Å². The minimum atomic E-state index is -0.135. The van der Waals surface area contributed by atoms with Crippen LogP contribution in [-0.4, -0.2) is 37.9 Å². The fourth-order valence-electron chi connectivity index (χ4n) is 1.07. The second kappa shape index (κ2) is 4.74. The van der Waals surface area contributed by atoms with Crippen LogP contribution in [0, 0.1) is 5.92 Å². The summed E-state index contributed by atoms with van der Waals surface area (Å²) in [6.07, 6.45) is 0. The fraction of sp³-hybridized carbons (Fsp3) is 0.750. The van der Waals surface area contributed by atoms with Crippen LogP contribution < -0.4 is 5.32 Å². The van der Waals surface area contributed by atoms with Crippen LogP contribution in [0.4, 0.5) is 4.79 Å². The van der Waals surface area contributed by atoms with E-state index in [1.165, 1.54) is 4.90 Å². The molecular weight excluding hydrogens is 154 g/mol. The highest BCUT2D eigenvalue weighted by atomic mass is 16.2. The predicted molar refractivity (Wildman–Crippen MR) is 50.4 cm³/mol. The molecule has 0 aromatic rings. The summed E-state index contributed by atoms with van der Waals surface area (Å²) in [6.45, 7) is 4.00. The van der Waals surface area contributed by atoms with Gasteiger partial charge in [0.25, 0.3) is 0 Å². The second-order valence-electron chi connectivity index (χ2n) is 2.85. The lowest BCUT2D eigenvalue weighted by molar-refractivity contribution is 0.227. The van der Waals surface area contributed by atoms with Gasteiger partial charge in [0.05, 0.1) is 0 Å². The van der Waals surface area contributed by atoms with Crippen molar-refractivity contribution in [3.05, 3.63) is 0 Å². The Bertz CT molecular complexity index is 187. The zero-order valence-electron chi connectivity index (χ0n) is 8.38. The number of urea groups is 1. The van der Waals surface area contributed by atoms with Crippen molar-refractivity contribution < 1.29 is 4.79 Å². The van der Waals surface area contributed by atoms with Crippen molar-refractivity contribution in [2.45, 2.75) is 13.8 Å². The van der Waals surface area contributed by atoms with Gasteiger partial charge in [-0.05, 0) is 0 Å². The van der Waals surface area contributed by atoms with E-state index in [4.69, 9.17) is 0 Å². The van der Waals surface area contributed by atoms with Gasteiger partial charge >= 0.3 is 6.03 Å². The Morgan fingerprint density at radius 3 is 2.25 bits per heavy atom. The first-order chi connectivity index (χ1) is 5.54. The van der Waals surface area contributed by atoms with E-state index in [0.29, 0.717) is 0 Å². The molecule has 0 aromatic carbocycles. The van der Waals surface area contributed by atoms with E-state index in [9.17, 15) is 4.79 Å². The Morgan fingerprint density at radius 1 is 1.50 bits per heavy atom. The zero-order valence-corrected chi connectivity index (χ0v) is 8.38. The molecule has 0 radical (unpaired) electrons. The predicted octanol–water partition coefficient (Wildman–Crippen LogP) is 0.942. The second-order valence-corrected chi connectivity index (χ2v) is 2.85. The van der Waals surface area contributed by atoms with E-state index in [1.54, 1.807) is 21.1 Å². The smallest absolute Gasteiger partial charge is 0.322 e. The molecule has 0 aliphatic heterocycles. The molecule has 2 amide bonds. The summed E-state index contributed by atoms with van der Waals surface area (Å²) in [6, 6.07) is -0.135. The molecule has 0 aromatic heterocycles. The molecule has 0 saturated carbocycles. The molecule has 4 heteroatoms. The van der Waals surface area contributed by atoms with Gasteiger partial charge < -0.3 is 5.32 Å². The minimum Gasteiger partial charge on any atom is -0.341 e. The Labute approximate surface area is 73.7 Å². The molecule has 70 valence electrons. The Hall–Kier alpha value is -1.06. The summed E-state index contributed by atoms with van der Waals surface area (Å²) in [5.74, 6) is 1.05. The SMILES string of the molecule is CN=C(C(C)C)N(C)C(=O)NC. The molecule has 0 rings (SSSR count). The molecule has 4 nitrogen and oxygen atoms in total. The van der Waals surface area contributed by atoms with Gasteiger partial charge in [-0.15, -0.1) is 0 Å². The average Bonchev–Trinajstić information content (AvgIpc) is 2.03. The zero-order chi connectivity index (χ0) is 9.72. The molecule has 0 bridgehead atoms. The summed E-state index contributed by atoms with van der Waals surface area (Å²) in [7, 11) is 5.00. The highest BCUT2D eigenvalue weighted by Gasteiger charge is 2.14. The molecule has 0 heterocycles. The summed E-state index contributed by atoms with van der Waals surface area (Å²) in [5, 5.41) is 2.54. The Morgan fingerprint density at radius 2 is 2.00 bits per heavy atom. The number of carbonyl (C=O) groups is 1.